The van der Waals surface area contributed by atoms with Gasteiger partial charge in [0.2, 0.25) is 0 Å². The zero-order chi connectivity index (χ0) is 10.1. The van der Waals surface area contributed by atoms with Gasteiger partial charge in [-0.3, -0.25) is 4.21 Å². The fraction of sp³-hybridized carbons (Fsp3) is 1.00. The second kappa shape index (κ2) is 4.31. The van der Waals surface area contributed by atoms with Gasteiger partial charge in [-0.25, -0.2) is 0 Å². The first kappa shape index (κ1) is 10.6. The monoisotopic (exact) mass is 215 g/mol. The molecule has 1 heterocycles. The van der Waals surface area contributed by atoms with Crippen LogP contribution >= 0.6 is 0 Å². The standard InChI is InChI=1S/C11H21NOS/c1-8-3-4-10-11(5-8)14(13)7-9(2)6-12-10/h8-12H,3-7H2,1-2H3. The molecule has 0 bridgehead atoms. The number of nitrogens with one attached hydrogen (secondary N) is 1. The topological polar surface area (TPSA) is 29.1 Å². The molecule has 0 amide bonds. The average Bonchev–Trinajstić information content (AvgIpc) is 2.27. The van der Waals surface area contributed by atoms with Gasteiger partial charge < -0.3 is 5.32 Å². The minimum Gasteiger partial charge on any atom is -0.312 e. The van der Waals surface area contributed by atoms with Crippen molar-refractivity contribution in [3.8, 4) is 0 Å². The summed E-state index contributed by atoms with van der Waals surface area (Å²) in [6.07, 6.45) is 3.70. The van der Waals surface area contributed by atoms with Crippen molar-refractivity contribution in [3.63, 3.8) is 0 Å². The molecule has 2 aliphatic rings. The van der Waals surface area contributed by atoms with Crippen LogP contribution in [-0.2, 0) is 10.8 Å². The van der Waals surface area contributed by atoms with Crippen molar-refractivity contribution >= 4 is 10.8 Å². The summed E-state index contributed by atoms with van der Waals surface area (Å²) in [7, 11) is -0.587. The minimum atomic E-state index is -0.587. The molecule has 82 valence electrons. The number of rotatable bonds is 0. The predicted octanol–water partition coefficient (Wildman–Crippen LogP) is 1.53. The van der Waals surface area contributed by atoms with Crippen molar-refractivity contribution in [3.05, 3.63) is 0 Å². The molecule has 1 aliphatic heterocycles. The maximum absolute atomic E-state index is 12.1. The lowest BCUT2D eigenvalue weighted by atomic mass is 9.87. The summed E-state index contributed by atoms with van der Waals surface area (Å²) in [6.45, 7) is 5.55. The Morgan fingerprint density at radius 3 is 2.79 bits per heavy atom. The zero-order valence-corrected chi connectivity index (χ0v) is 9.98. The van der Waals surface area contributed by atoms with Crippen LogP contribution in [0.15, 0.2) is 0 Å². The van der Waals surface area contributed by atoms with E-state index in [0.29, 0.717) is 17.2 Å². The van der Waals surface area contributed by atoms with Crippen LogP contribution in [0.4, 0.5) is 0 Å². The molecule has 0 radical (unpaired) electrons. The van der Waals surface area contributed by atoms with Crippen LogP contribution in [0.25, 0.3) is 0 Å². The SMILES string of the molecule is CC1CCC2NCC(C)CS(=O)C2C1. The van der Waals surface area contributed by atoms with E-state index >= 15 is 0 Å². The van der Waals surface area contributed by atoms with Gasteiger partial charge in [0.1, 0.15) is 0 Å². The molecular weight excluding hydrogens is 194 g/mol. The first-order valence-electron chi connectivity index (χ1n) is 5.77. The molecule has 0 aromatic heterocycles. The summed E-state index contributed by atoms with van der Waals surface area (Å²) in [4.78, 5) is 0. The Hall–Kier alpha value is 0.110. The summed E-state index contributed by atoms with van der Waals surface area (Å²) < 4.78 is 12.1. The van der Waals surface area contributed by atoms with E-state index in [4.69, 9.17) is 0 Å². The third-order valence-electron chi connectivity index (χ3n) is 3.57. The highest BCUT2D eigenvalue weighted by atomic mass is 32.2. The largest absolute Gasteiger partial charge is 0.312 e. The first-order chi connectivity index (χ1) is 6.66. The predicted molar refractivity (Wildman–Crippen MR) is 60.8 cm³/mol. The van der Waals surface area contributed by atoms with Crippen molar-refractivity contribution in [1.29, 1.82) is 0 Å². The van der Waals surface area contributed by atoms with Crippen molar-refractivity contribution in [2.24, 2.45) is 11.8 Å². The maximum atomic E-state index is 12.1. The van der Waals surface area contributed by atoms with Crippen LogP contribution in [0, 0.1) is 11.8 Å². The van der Waals surface area contributed by atoms with E-state index in [2.05, 4.69) is 19.2 Å². The molecule has 0 aromatic rings. The second-order valence-electron chi connectivity index (χ2n) is 5.12. The summed E-state index contributed by atoms with van der Waals surface area (Å²) in [5.74, 6) is 2.26. The molecule has 2 fully saturated rings. The Balaban J connectivity index is 2.08. The first-order valence-corrected chi connectivity index (χ1v) is 7.15. The number of fused-ring (bicyclic) bond motifs is 1. The van der Waals surface area contributed by atoms with Crippen LogP contribution in [0.5, 0.6) is 0 Å². The van der Waals surface area contributed by atoms with E-state index in [1.807, 2.05) is 0 Å². The Bertz CT molecular complexity index is 231. The van der Waals surface area contributed by atoms with Crippen molar-refractivity contribution in [2.75, 3.05) is 12.3 Å². The van der Waals surface area contributed by atoms with Gasteiger partial charge in [0, 0.05) is 22.6 Å². The maximum Gasteiger partial charge on any atom is 0.0503 e. The van der Waals surface area contributed by atoms with Gasteiger partial charge in [-0.2, -0.15) is 0 Å². The van der Waals surface area contributed by atoms with E-state index in [9.17, 15) is 4.21 Å². The molecule has 2 rings (SSSR count). The Labute approximate surface area is 89.3 Å². The molecule has 1 saturated carbocycles. The molecule has 0 spiro atoms. The van der Waals surface area contributed by atoms with Crippen LogP contribution in [0.2, 0.25) is 0 Å². The van der Waals surface area contributed by atoms with Crippen LogP contribution in [0.3, 0.4) is 0 Å². The van der Waals surface area contributed by atoms with Crippen molar-refractivity contribution in [2.45, 2.75) is 44.4 Å². The lowest BCUT2D eigenvalue weighted by Gasteiger charge is -2.33. The molecular formula is C11H21NOS. The Morgan fingerprint density at radius 1 is 1.21 bits per heavy atom. The highest BCUT2D eigenvalue weighted by Crippen LogP contribution is 2.29. The number of hydrogen-bond donors (Lipinski definition) is 1. The number of hydrogen-bond acceptors (Lipinski definition) is 2. The fourth-order valence-electron chi connectivity index (χ4n) is 2.67. The summed E-state index contributed by atoms with van der Waals surface area (Å²) >= 11 is 0. The van der Waals surface area contributed by atoms with Gasteiger partial charge in [0.15, 0.2) is 0 Å². The van der Waals surface area contributed by atoms with Gasteiger partial charge in [0.25, 0.3) is 0 Å². The molecule has 1 saturated heterocycles. The molecule has 1 aliphatic carbocycles. The highest BCUT2D eigenvalue weighted by molar-refractivity contribution is 7.85. The summed E-state index contributed by atoms with van der Waals surface area (Å²) in [5, 5.41) is 4.03. The van der Waals surface area contributed by atoms with E-state index < -0.39 is 10.8 Å². The molecule has 1 N–H and O–H groups in total. The fourth-order valence-corrected chi connectivity index (χ4v) is 4.74. The van der Waals surface area contributed by atoms with Gasteiger partial charge in [-0.15, -0.1) is 0 Å². The van der Waals surface area contributed by atoms with Crippen molar-refractivity contribution < 1.29 is 4.21 Å². The zero-order valence-electron chi connectivity index (χ0n) is 9.16. The van der Waals surface area contributed by atoms with Gasteiger partial charge in [-0.1, -0.05) is 13.8 Å². The third kappa shape index (κ3) is 2.19. The summed E-state index contributed by atoms with van der Waals surface area (Å²) in [5.41, 5.74) is 0. The van der Waals surface area contributed by atoms with Crippen LogP contribution < -0.4 is 5.32 Å². The van der Waals surface area contributed by atoms with E-state index in [1.54, 1.807) is 0 Å². The van der Waals surface area contributed by atoms with Crippen molar-refractivity contribution in [1.82, 2.24) is 5.32 Å². The lowest BCUT2D eigenvalue weighted by molar-refractivity contribution is 0.313. The summed E-state index contributed by atoms with van der Waals surface area (Å²) in [6, 6.07) is 0.539. The Kier molecular flexibility index (Phi) is 3.27. The molecule has 5 unspecified atom stereocenters. The molecule has 14 heavy (non-hydrogen) atoms. The van der Waals surface area contributed by atoms with E-state index in [0.717, 1.165) is 24.6 Å². The molecule has 5 atom stereocenters. The van der Waals surface area contributed by atoms with Gasteiger partial charge >= 0.3 is 0 Å². The highest BCUT2D eigenvalue weighted by Gasteiger charge is 2.35. The quantitative estimate of drug-likeness (QED) is 0.664. The average molecular weight is 215 g/mol. The molecule has 0 aromatic carbocycles. The van der Waals surface area contributed by atoms with Gasteiger partial charge in [0.05, 0.1) is 5.25 Å². The smallest absolute Gasteiger partial charge is 0.0503 e. The minimum absolute atomic E-state index is 0.434. The normalized spacial score (nSPS) is 49.4. The van der Waals surface area contributed by atoms with Crippen LogP contribution in [0.1, 0.15) is 33.1 Å². The lowest BCUT2D eigenvalue weighted by Crippen LogP contribution is -2.44. The molecule has 2 nitrogen and oxygen atoms in total. The van der Waals surface area contributed by atoms with E-state index in [1.165, 1.54) is 12.8 Å². The molecule has 3 heteroatoms. The van der Waals surface area contributed by atoms with Crippen LogP contribution in [-0.4, -0.2) is 27.8 Å². The third-order valence-corrected chi connectivity index (χ3v) is 5.66. The second-order valence-corrected chi connectivity index (χ2v) is 6.82. The van der Waals surface area contributed by atoms with Gasteiger partial charge in [-0.05, 0) is 37.6 Å². The Morgan fingerprint density at radius 2 is 2.00 bits per heavy atom. The van der Waals surface area contributed by atoms with E-state index in [-0.39, 0.29) is 0 Å².